The summed E-state index contributed by atoms with van der Waals surface area (Å²) >= 11 is 6.80. The van der Waals surface area contributed by atoms with Gasteiger partial charge in [-0.25, -0.2) is 4.39 Å². The van der Waals surface area contributed by atoms with Gasteiger partial charge in [0.15, 0.2) is 0 Å². The van der Waals surface area contributed by atoms with E-state index in [-0.39, 0.29) is 31.6 Å². The zero-order chi connectivity index (χ0) is 32.4. The Balaban J connectivity index is 1.31. The maximum absolute atomic E-state index is 14.7. The standard InChI is InChI=1S/C35H33ClFN3O6/c36-27-11-22(16-40-17-30(42)35(44)34(43)29(40)18-41)32(45-19-21-10-20(13-38)14-39-15-21)12-33(27)46-31-9-8-24-23(5-3-6-26(24)31)25-4-1-2-7-28(25)37/h1-7,10-12,14-15,29-31,34-35,41-44H,8-9,16-19H2/t29-,30+,31+,34-,35-/m1/s1. The number of rotatable bonds is 9. The van der Waals surface area contributed by atoms with E-state index >= 15 is 0 Å². The summed E-state index contributed by atoms with van der Waals surface area (Å²) in [6, 6.07) is 18.7. The van der Waals surface area contributed by atoms with Gasteiger partial charge in [0.2, 0.25) is 0 Å². The van der Waals surface area contributed by atoms with Crippen LogP contribution in [0.5, 0.6) is 11.5 Å². The van der Waals surface area contributed by atoms with E-state index < -0.39 is 31.0 Å². The van der Waals surface area contributed by atoms with Gasteiger partial charge in [0.25, 0.3) is 0 Å². The van der Waals surface area contributed by atoms with Crippen LogP contribution in [0.3, 0.4) is 0 Å². The normalized spacial score (nSPS) is 22.7. The molecule has 0 spiro atoms. The Bertz CT molecular complexity index is 1770. The lowest BCUT2D eigenvalue weighted by molar-refractivity contribution is -0.147. The first-order valence-corrected chi connectivity index (χ1v) is 15.4. The summed E-state index contributed by atoms with van der Waals surface area (Å²) in [6.45, 7) is -0.257. The lowest BCUT2D eigenvalue weighted by atomic mass is 9.93. The maximum Gasteiger partial charge on any atom is 0.142 e. The zero-order valence-corrected chi connectivity index (χ0v) is 25.5. The first-order chi connectivity index (χ1) is 22.3. The van der Waals surface area contributed by atoms with Gasteiger partial charge in [0, 0.05) is 48.2 Å². The smallest absolute Gasteiger partial charge is 0.142 e. The molecule has 238 valence electrons. The Hall–Kier alpha value is -4.08. The predicted octanol–water partition coefficient (Wildman–Crippen LogP) is 4.32. The van der Waals surface area contributed by atoms with E-state index in [0.29, 0.717) is 51.6 Å². The summed E-state index contributed by atoms with van der Waals surface area (Å²) < 4.78 is 27.4. The number of halogens is 2. The molecule has 5 atom stereocenters. The third-order valence-corrected chi connectivity index (χ3v) is 8.97. The summed E-state index contributed by atoms with van der Waals surface area (Å²) in [6.07, 6.45) is 0.0715. The van der Waals surface area contributed by atoms with Crippen molar-refractivity contribution in [3.63, 3.8) is 0 Å². The fraction of sp³-hybridized carbons (Fsp3) is 0.314. The molecule has 46 heavy (non-hydrogen) atoms. The molecular formula is C35H33ClFN3O6. The van der Waals surface area contributed by atoms with E-state index in [1.165, 1.54) is 12.3 Å². The molecule has 1 fully saturated rings. The SMILES string of the molecule is N#Cc1cncc(COc2cc(O[C@H]3CCc4c(-c5ccccc5F)cccc43)c(Cl)cc2CN2C[C@H](O)[C@@H](O)[C@H](O)[C@H]2CO)c1. The molecule has 4 aromatic rings. The molecule has 0 unspecified atom stereocenters. The molecule has 9 nitrogen and oxygen atoms in total. The molecule has 6 rings (SSSR count). The second-order valence-corrected chi connectivity index (χ2v) is 12.0. The molecule has 0 saturated carbocycles. The van der Waals surface area contributed by atoms with E-state index in [9.17, 15) is 30.1 Å². The second kappa shape index (κ2) is 13.7. The molecule has 2 heterocycles. The largest absolute Gasteiger partial charge is 0.488 e. The minimum absolute atomic E-state index is 0.00387. The monoisotopic (exact) mass is 645 g/mol. The Morgan fingerprint density at radius 1 is 1.00 bits per heavy atom. The van der Waals surface area contributed by atoms with Crippen molar-refractivity contribution in [2.24, 2.45) is 0 Å². The van der Waals surface area contributed by atoms with Crippen LogP contribution >= 0.6 is 11.6 Å². The fourth-order valence-electron chi connectivity index (χ4n) is 6.32. The number of hydrogen-bond acceptors (Lipinski definition) is 9. The van der Waals surface area contributed by atoms with Gasteiger partial charge in [0.05, 0.1) is 29.3 Å². The minimum atomic E-state index is -1.39. The first-order valence-electron chi connectivity index (χ1n) is 15.0. The molecule has 1 aromatic heterocycles. The highest BCUT2D eigenvalue weighted by molar-refractivity contribution is 6.32. The van der Waals surface area contributed by atoms with Gasteiger partial charge < -0.3 is 29.9 Å². The number of fused-ring (bicyclic) bond motifs is 1. The number of benzene rings is 3. The maximum atomic E-state index is 14.7. The molecule has 2 aliphatic rings. The molecular weight excluding hydrogens is 613 g/mol. The van der Waals surface area contributed by atoms with Crippen molar-refractivity contribution >= 4 is 11.6 Å². The number of hydrogen-bond donors (Lipinski definition) is 4. The minimum Gasteiger partial charge on any atom is -0.488 e. The van der Waals surface area contributed by atoms with Gasteiger partial charge in [-0.2, -0.15) is 5.26 Å². The molecule has 0 amide bonds. The highest BCUT2D eigenvalue weighted by Crippen LogP contribution is 2.43. The number of nitriles is 1. The Kier molecular flexibility index (Phi) is 9.52. The summed E-state index contributed by atoms with van der Waals surface area (Å²) in [5, 5.41) is 50.7. The first kappa shape index (κ1) is 31.9. The number of aliphatic hydroxyl groups excluding tert-OH is 4. The van der Waals surface area contributed by atoms with Crippen LogP contribution in [0.15, 0.2) is 73.1 Å². The van der Waals surface area contributed by atoms with Crippen molar-refractivity contribution in [2.75, 3.05) is 13.2 Å². The highest BCUT2D eigenvalue weighted by atomic mass is 35.5. The number of piperidine rings is 1. The van der Waals surface area contributed by atoms with E-state index in [1.54, 1.807) is 41.4 Å². The third-order valence-electron chi connectivity index (χ3n) is 8.67. The predicted molar refractivity (Wildman–Crippen MR) is 168 cm³/mol. The number of nitrogens with zero attached hydrogens (tertiary/aromatic N) is 3. The van der Waals surface area contributed by atoms with Crippen molar-refractivity contribution in [1.82, 2.24) is 9.88 Å². The number of ether oxygens (including phenoxy) is 2. The lowest BCUT2D eigenvalue weighted by Gasteiger charge is -2.43. The molecule has 1 saturated heterocycles. The Morgan fingerprint density at radius 2 is 1.80 bits per heavy atom. The topological polar surface area (TPSA) is 139 Å². The van der Waals surface area contributed by atoms with Crippen molar-refractivity contribution in [2.45, 2.75) is 56.5 Å². The molecule has 4 N–H and O–H groups in total. The van der Waals surface area contributed by atoms with Crippen LogP contribution < -0.4 is 9.47 Å². The number of β-amino-alcohol motifs (C(OH)–C–C–N with tert-alkyl or cyclic N) is 1. The van der Waals surface area contributed by atoms with Gasteiger partial charge in [-0.3, -0.25) is 9.88 Å². The van der Waals surface area contributed by atoms with Crippen LogP contribution in [0.4, 0.5) is 4.39 Å². The van der Waals surface area contributed by atoms with Crippen molar-refractivity contribution in [3.05, 3.63) is 112 Å². The summed E-state index contributed by atoms with van der Waals surface area (Å²) in [7, 11) is 0. The summed E-state index contributed by atoms with van der Waals surface area (Å²) in [5.41, 5.74) is 4.97. The van der Waals surface area contributed by atoms with E-state index in [1.807, 2.05) is 24.3 Å². The molecule has 11 heteroatoms. The van der Waals surface area contributed by atoms with Gasteiger partial charge >= 0.3 is 0 Å². The van der Waals surface area contributed by atoms with Crippen LogP contribution in [0.1, 0.15) is 40.3 Å². The van der Waals surface area contributed by atoms with Crippen LogP contribution in [-0.2, 0) is 19.6 Å². The van der Waals surface area contributed by atoms with Crippen LogP contribution in [0.2, 0.25) is 5.02 Å². The lowest BCUT2D eigenvalue weighted by Crippen LogP contribution is -2.62. The molecule has 0 radical (unpaired) electrons. The summed E-state index contributed by atoms with van der Waals surface area (Å²) in [4.78, 5) is 5.76. The van der Waals surface area contributed by atoms with E-state index in [0.717, 1.165) is 16.7 Å². The average Bonchev–Trinajstić information content (AvgIpc) is 3.47. The number of aromatic nitrogens is 1. The number of pyridine rings is 1. The van der Waals surface area contributed by atoms with Crippen molar-refractivity contribution in [1.29, 1.82) is 5.26 Å². The zero-order valence-electron chi connectivity index (χ0n) is 24.8. The molecule has 1 aliphatic carbocycles. The van der Waals surface area contributed by atoms with Gasteiger partial charge in [-0.1, -0.05) is 48.0 Å². The van der Waals surface area contributed by atoms with Gasteiger partial charge in [-0.15, -0.1) is 0 Å². The Labute approximate surface area is 270 Å². The number of likely N-dealkylation sites (tertiary alicyclic amines) is 1. The van der Waals surface area contributed by atoms with Crippen LogP contribution in [-0.4, -0.2) is 67.8 Å². The quantitative estimate of drug-likeness (QED) is 0.210. The molecule has 1 aliphatic heterocycles. The fourth-order valence-corrected chi connectivity index (χ4v) is 6.55. The van der Waals surface area contributed by atoms with Gasteiger partial charge in [0.1, 0.15) is 48.3 Å². The van der Waals surface area contributed by atoms with Gasteiger partial charge in [-0.05, 0) is 47.7 Å². The van der Waals surface area contributed by atoms with E-state index in [4.69, 9.17) is 21.1 Å². The van der Waals surface area contributed by atoms with Crippen molar-refractivity contribution in [3.8, 4) is 28.7 Å². The van der Waals surface area contributed by atoms with E-state index in [2.05, 4.69) is 11.1 Å². The third kappa shape index (κ3) is 6.44. The summed E-state index contributed by atoms with van der Waals surface area (Å²) in [5.74, 6) is 0.473. The highest BCUT2D eigenvalue weighted by Gasteiger charge is 2.41. The molecule has 0 bridgehead atoms. The number of aliphatic hydroxyl groups is 4. The Morgan fingerprint density at radius 3 is 2.59 bits per heavy atom. The molecule has 3 aromatic carbocycles. The average molecular weight is 646 g/mol. The van der Waals surface area contributed by atoms with Crippen molar-refractivity contribution < 1.29 is 34.3 Å². The van der Waals surface area contributed by atoms with Crippen LogP contribution in [0.25, 0.3) is 11.1 Å². The second-order valence-electron chi connectivity index (χ2n) is 11.6. The van der Waals surface area contributed by atoms with Crippen LogP contribution in [0, 0.1) is 17.1 Å².